The number of carbonyl (C=O) groups excluding carboxylic acids is 1. The molecule has 1 fully saturated rings. The molecule has 0 aliphatic carbocycles. The van der Waals surface area contributed by atoms with Crippen LogP contribution in [0, 0.1) is 0 Å². The van der Waals surface area contributed by atoms with E-state index in [9.17, 15) is 4.79 Å². The second-order valence-electron chi connectivity index (χ2n) is 3.98. The van der Waals surface area contributed by atoms with Gasteiger partial charge in [0.2, 0.25) is 5.91 Å². The van der Waals surface area contributed by atoms with Gasteiger partial charge < -0.3 is 10.2 Å². The molecule has 1 aromatic rings. The highest BCUT2D eigenvalue weighted by atomic mass is 35.5. The molecule has 4 heteroatoms. The van der Waals surface area contributed by atoms with E-state index in [1.807, 2.05) is 36.2 Å². The minimum Gasteiger partial charge on any atom is -0.337 e. The lowest BCUT2D eigenvalue weighted by atomic mass is 10.2. The van der Waals surface area contributed by atoms with Crippen molar-refractivity contribution in [3.8, 4) is 0 Å². The molecule has 1 saturated heterocycles. The Morgan fingerprint density at radius 3 is 2.88 bits per heavy atom. The van der Waals surface area contributed by atoms with Crippen LogP contribution in [0.5, 0.6) is 0 Å². The first-order valence-electron chi connectivity index (χ1n) is 5.42. The summed E-state index contributed by atoms with van der Waals surface area (Å²) in [4.78, 5) is 13.7. The summed E-state index contributed by atoms with van der Waals surface area (Å²) in [6, 6.07) is 7.63. The maximum Gasteiger partial charge on any atom is 0.240 e. The van der Waals surface area contributed by atoms with Gasteiger partial charge in [-0.1, -0.05) is 29.8 Å². The molecule has 2 rings (SSSR count). The number of hydrogen-bond donors (Lipinski definition) is 1. The van der Waals surface area contributed by atoms with E-state index in [4.69, 9.17) is 11.6 Å². The third kappa shape index (κ3) is 2.20. The zero-order valence-electron chi connectivity index (χ0n) is 9.24. The summed E-state index contributed by atoms with van der Waals surface area (Å²) in [5, 5.41) is 3.75. The van der Waals surface area contributed by atoms with Crippen LogP contribution in [0.2, 0.25) is 5.02 Å². The van der Waals surface area contributed by atoms with Gasteiger partial charge in [-0.25, -0.2) is 0 Å². The Bertz CT molecular complexity index is 394. The fraction of sp³-hybridized carbons (Fsp3) is 0.417. The van der Waals surface area contributed by atoms with Crippen molar-refractivity contribution in [2.45, 2.75) is 19.0 Å². The van der Waals surface area contributed by atoms with E-state index in [1.165, 1.54) is 0 Å². The fourth-order valence-electron chi connectivity index (χ4n) is 2.00. The molecule has 86 valence electrons. The van der Waals surface area contributed by atoms with Crippen molar-refractivity contribution in [2.75, 3.05) is 13.6 Å². The SMILES string of the molecule is CNC1CCN(Cc2ccccc2Cl)C1=O. The molecule has 1 N–H and O–H groups in total. The third-order valence-electron chi connectivity index (χ3n) is 2.96. The fourth-order valence-corrected chi connectivity index (χ4v) is 2.19. The lowest BCUT2D eigenvalue weighted by molar-refractivity contribution is -0.129. The summed E-state index contributed by atoms with van der Waals surface area (Å²) in [6.45, 7) is 1.41. The molecule has 16 heavy (non-hydrogen) atoms. The van der Waals surface area contributed by atoms with E-state index in [2.05, 4.69) is 5.32 Å². The lowest BCUT2D eigenvalue weighted by Gasteiger charge is -2.17. The molecule has 0 radical (unpaired) electrons. The number of nitrogens with zero attached hydrogens (tertiary/aromatic N) is 1. The molecule has 1 heterocycles. The van der Waals surface area contributed by atoms with E-state index in [-0.39, 0.29) is 11.9 Å². The number of amides is 1. The van der Waals surface area contributed by atoms with Gasteiger partial charge in [-0.15, -0.1) is 0 Å². The van der Waals surface area contributed by atoms with Crippen LogP contribution in [0.3, 0.4) is 0 Å². The molecular weight excluding hydrogens is 224 g/mol. The minimum atomic E-state index is -0.0255. The van der Waals surface area contributed by atoms with Gasteiger partial charge >= 0.3 is 0 Å². The normalized spacial score (nSPS) is 20.5. The highest BCUT2D eigenvalue weighted by Gasteiger charge is 2.30. The number of carbonyl (C=O) groups is 1. The van der Waals surface area contributed by atoms with Crippen LogP contribution >= 0.6 is 11.6 Å². The number of hydrogen-bond acceptors (Lipinski definition) is 2. The van der Waals surface area contributed by atoms with E-state index in [1.54, 1.807) is 0 Å². The van der Waals surface area contributed by atoms with Crippen LogP contribution in [0.4, 0.5) is 0 Å². The Morgan fingerprint density at radius 1 is 1.50 bits per heavy atom. The predicted octanol–water partition coefficient (Wildman–Crippen LogP) is 1.66. The molecular formula is C12H15ClN2O. The van der Waals surface area contributed by atoms with Crippen LogP contribution < -0.4 is 5.32 Å². The molecule has 1 aliphatic rings. The average molecular weight is 239 g/mol. The number of nitrogens with one attached hydrogen (secondary N) is 1. The first kappa shape index (κ1) is 11.4. The van der Waals surface area contributed by atoms with E-state index in [0.717, 1.165) is 23.6 Å². The molecule has 1 amide bonds. The van der Waals surface area contributed by atoms with Crippen LogP contribution in [0.1, 0.15) is 12.0 Å². The maximum atomic E-state index is 11.9. The Balaban J connectivity index is 2.07. The van der Waals surface area contributed by atoms with Crippen molar-refractivity contribution in [3.05, 3.63) is 34.9 Å². The summed E-state index contributed by atoms with van der Waals surface area (Å²) in [5.41, 5.74) is 1.01. The maximum absolute atomic E-state index is 11.9. The minimum absolute atomic E-state index is 0.0255. The molecule has 1 aliphatic heterocycles. The predicted molar refractivity (Wildman–Crippen MR) is 64.3 cm³/mol. The molecule has 1 atom stereocenters. The van der Waals surface area contributed by atoms with E-state index in [0.29, 0.717) is 6.54 Å². The number of likely N-dealkylation sites (tertiary alicyclic amines) is 1. The topological polar surface area (TPSA) is 32.3 Å². The van der Waals surface area contributed by atoms with Crippen molar-refractivity contribution in [2.24, 2.45) is 0 Å². The van der Waals surface area contributed by atoms with Crippen LogP contribution in [0.15, 0.2) is 24.3 Å². The highest BCUT2D eigenvalue weighted by Crippen LogP contribution is 2.20. The van der Waals surface area contributed by atoms with Gasteiger partial charge in [0.05, 0.1) is 6.04 Å². The summed E-state index contributed by atoms with van der Waals surface area (Å²) >= 11 is 6.07. The van der Waals surface area contributed by atoms with E-state index < -0.39 is 0 Å². The molecule has 0 bridgehead atoms. The lowest BCUT2D eigenvalue weighted by Crippen LogP contribution is -2.35. The number of rotatable bonds is 3. The average Bonchev–Trinajstić information content (AvgIpc) is 2.63. The molecule has 0 saturated carbocycles. The molecule has 0 spiro atoms. The van der Waals surface area contributed by atoms with Gasteiger partial charge in [-0.2, -0.15) is 0 Å². The second kappa shape index (κ2) is 4.85. The third-order valence-corrected chi connectivity index (χ3v) is 3.33. The van der Waals surface area contributed by atoms with Crippen molar-refractivity contribution in [1.82, 2.24) is 10.2 Å². The summed E-state index contributed by atoms with van der Waals surface area (Å²) in [5.74, 6) is 0.169. The van der Waals surface area contributed by atoms with Gasteiger partial charge in [-0.05, 0) is 25.1 Å². The zero-order chi connectivity index (χ0) is 11.5. The van der Waals surface area contributed by atoms with Crippen LogP contribution in [-0.2, 0) is 11.3 Å². The van der Waals surface area contributed by atoms with Crippen LogP contribution in [0.25, 0.3) is 0 Å². The van der Waals surface area contributed by atoms with Gasteiger partial charge in [-0.3, -0.25) is 4.79 Å². The van der Waals surface area contributed by atoms with E-state index >= 15 is 0 Å². The monoisotopic (exact) mass is 238 g/mol. The molecule has 3 nitrogen and oxygen atoms in total. The Kier molecular flexibility index (Phi) is 3.46. The van der Waals surface area contributed by atoms with Crippen LogP contribution in [-0.4, -0.2) is 30.4 Å². The summed E-state index contributed by atoms with van der Waals surface area (Å²) in [6.07, 6.45) is 0.875. The van der Waals surface area contributed by atoms with Gasteiger partial charge in [0.1, 0.15) is 0 Å². The first-order valence-corrected chi connectivity index (χ1v) is 5.79. The molecule has 1 aromatic carbocycles. The van der Waals surface area contributed by atoms with Crippen molar-refractivity contribution < 1.29 is 4.79 Å². The number of benzene rings is 1. The van der Waals surface area contributed by atoms with Crippen molar-refractivity contribution >= 4 is 17.5 Å². The summed E-state index contributed by atoms with van der Waals surface area (Å²) < 4.78 is 0. The zero-order valence-corrected chi connectivity index (χ0v) is 10.00. The first-order chi connectivity index (χ1) is 7.72. The Morgan fingerprint density at radius 2 is 2.25 bits per heavy atom. The summed E-state index contributed by atoms with van der Waals surface area (Å²) in [7, 11) is 1.82. The van der Waals surface area contributed by atoms with Gasteiger partial charge in [0.25, 0.3) is 0 Å². The Labute approximate surface area is 100 Å². The highest BCUT2D eigenvalue weighted by molar-refractivity contribution is 6.31. The van der Waals surface area contributed by atoms with Gasteiger partial charge in [0, 0.05) is 18.1 Å². The van der Waals surface area contributed by atoms with Crippen molar-refractivity contribution in [1.29, 1.82) is 0 Å². The van der Waals surface area contributed by atoms with Gasteiger partial charge in [0.15, 0.2) is 0 Å². The number of halogens is 1. The largest absolute Gasteiger partial charge is 0.337 e. The smallest absolute Gasteiger partial charge is 0.240 e. The Hall–Kier alpha value is -1.06. The van der Waals surface area contributed by atoms with Crippen molar-refractivity contribution in [3.63, 3.8) is 0 Å². The second-order valence-corrected chi connectivity index (χ2v) is 4.39. The number of likely N-dealkylation sites (N-methyl/N-ethyl adjacent to an activating group) is 1. The molecule has 0 aromatic heterocycles. The molecule has 1 unspecified atom stereocenters. The standard InChI is InChI=1S/C12H15ClN2O/c1-14-11-6-7-15(12(11)16)8-9-4-2-3-5-10(9)13/h2-5,11,14H,6-8H2,1H3. The quantitative estimate of drug-likeness (QED) is 0.869.